The van der Waals surface area contributed by atoms with Gasteiger partial charge >= 0.3 is 5.97 Å². The summed E-state index contributed by atoms with van der Waals surface area (Å²) in [6, 6.07) is 0. The first-order chi connectivity index (χ1) is 9.18. The van der Waals surface area contributed by atoms with Crippen molar-refractivity contribution in [2.45, 2.75) is 57.7 Å². The fourth-order valence-corrected chi connectivity index (χ4v) is 1.89. The van der Waals surface area contributed by atoms with Crippen LogP contribution < -0.4 is 0 Å². The van der Waals surface area contributed by atoms with Gasteiger partial charge in [0, 0.05) is 12.5 Å². The van der Waals surface area contributed by atoms with Gasteiger partial charge in [0.25, 0.3) is 0 Å². The van der Waals surface area contributed by atoms with E-state index >= 15 is 0 Å². The highest BCUT2D eigenvalue weighted by Crippen LogP contribution is 2.09. The van der Waals surface area contributed by atoms with E-state index in [-0.39, 0.29) is 18.2 Å². The van der Waals surface area contributed by atoms with E-state index in [1.54, 1.807) is 0 Å². The molecule has 2 atom stereocenters. The Morgan fingerprint density at radius 3 is 2.79 bits per heavy atom. The Morgan fingerprint density at radius 1 is 1.16 bits per heavy atom. The number of cyclic esters (lactones) is 1. The van der Waals surface area contributed by atoms with E-state index in [2.05, 4.69) is 6.08 Å². The van der Waals surface area contributed by atoms with Gasteiger partial charge in [0.15, 0.2) is 0 Å². The van der Waals surface area contributed by atoms with Gasteiger partial charge < -0.3 is 9.84 Å². The Hall–Kier alpha value is -1.35. The topological polar surface area (TPSA) is 46.5 Å². The van der Waals surface area contributed by atoms with Crippen LogP contribution in [0.5, 0.6) is 0 Å². The largest absolute Gasteiger partial charge is 0.459 e. The number of esters is 1. The highest BCUT2D eigenvalue weighted by molar-refractivity contribution is 5.81. The first-order valence-electron chi connectivity index (χ1n) is 7.05. The van der Waals surface area contributed by atoms with Gasteiger partial charge in [-0.15, -0.1) is 0 Å². The van der Waals surface area contributed by atoms with Crippen LogP contribution >= 0.6 is 0 Å². The Bertz CT molecular complexity index is 342. The summed E-state index contributed by atoms with van der Waals surface area (Å²) in [5, 5.41) is 9.74. The standard InChI is InChI=1S/C16H24O3/c1-14-10-6-3-2-4-7-11-15(17)12-8-5-9-13-16(18)19-14/h2-4,6,9,13-15,17H,5,7-8,10-12H2,1H3. The quantitative estimate of drug-likeness (QED) is 0.683. The summed E-state index contributed by atoms with van der Waals surface area (Å²) in [6.07, 6.45) is 15.8. The Balaban J connectivity index is 2.51. The van der Waals surface area contributed by atoms with Crippen molar-refractivity contribution in [3.8, 4) is 0 Å². The maximum absolute atomic E-state index is 11.5. The minimum atomic E-state index is -0.288. The van der Waals surface area contributed by atoms with Crippen LogP contribution in [0, 0.1) is 0 Å². The van der Waals surface area contributed by atoms with E-state index in [4.69, 9.17) is 4.74 Å². The SMILES string of the molecule is CC1CC=CC=CCCC(O)CCCC=CC(=O)O1. The number of carbonyl (C=O) groups is 1. The minimum absolute atomic E-state index is 0.100. The summed E-state index contributed by atoms with van der Waals surface area (Å²) in [5.74, 6) is -0.288. The first kappa shape index (κ1) is 15.7. The van der Waals surface area contributed by atoms with Crippen molar-refractivity contribution in [3.63, 3.8) is 0 Å². The summed E-state index contributed by atoms with van der Waals surface area (Å²) in [6.45, 7) is 1.89. The molecule has 3 nitrogen and oxygen atoms in total. The number of rotatable bonds is 0. The van der Waals surface area contributed by atoms with Crippen LogP contribution in [0.2, 0.25) is 0 Å². The zero-order valence-corrected chi connectivity index (χ0v) is 11.6. The first-order valence-corrected chi connectivity index (χ1v) is 7.05. The monoisotopic (exact) mass is 264 g/mol. The summed E-state index contributed by atoms with van der Waals surface area (Å²) in [5.41, 5.74) is 0. The molecule has 0 saturated heterocycles. The van der Waals surface area contributed by atoms with Crippen LogP contribution in [-0.4, -0.2) is 23.3 Å². The van der Waals surface area contributed by atoms with Crippen LogP contribution in [0.4, 0.5) is 0 Å². The zero-order valence-electron chi connectivity index (χ0n) is 11.6. The molecule has 0 aromatic heterocycles. The normalized spacial score (nSPS) is 27.2. The molecular formula is C16H24O3. The van der Waals surface area contributed by atoms with Crippen molar-refractivity contribution in [3.05, 3.63) is 36.5 Å². The fourth-order valence-electron chi connectivity index (χ4n) is 1.89. The maximum Gasteiger partial charge on any atom is 0.330 e. The van der Waals surface area contributed by atoms with Crippen LogP contribution in [-0.2, 0) is 9.53 Å². The molecule has 1 aliphatic rings. The van der Waals surface area contributed by atoms with Crippen LogP contribution in [0.3, 0.4) is 0 Å². The molecule has 0 aromatic carbocycles. The molecule has 1 rings (SSSR count). The van der Waals surface area contributed by atoms with E-state index in [0.717, 1.165) is 32.1 Å². The lowest BCUT2D eigenvalue weighted by atomic mass is 10.1. The van der Waals surface area contributed by atoms with Crippen molar-refractivity contribution < 1.29 is 14.6 Å². The molecule has 0 aromatic rings. The summed E-state index contributed by atoms with van der Waals surface area (Å²) in [7, 11) is 0. The van der Waals surface area contributed by atoms with Gasteiger partial charge in [-0.2, -0.15) is 0 Å². The molecule has 0 radical (unpaired) electrons. The second-order valence-electron chi connectivity index (χ2n) is 4.90. The average Bonchev–Trinajstić information content (AvgIpc) is 2.36. The van der Waals surface area contributed by atoms with Crippen molar-refractivity contribution in [2.75, 3.05) is 0 Å². The summed E-state index contributed by atoms with van der Waals surface area (Å²) in [4.78, 5) is 11.5. The highest BCUT2D eigenvalue weighted by atomic mass is 16.5. The molecule has 1 N–H and O–H groups in total. The van der Waals surface area contributed by atoms with Gasteiger partial charge in [0.1, 0.15) is 6.10 Å². The van der Waals surface area contributed by atoms with Crippen LogP contribution in [0.15, 0.2) is 36.5 Å². The van der Waals surface area contributed by atoms with Gasteiger partial charge in [-0.1, -0.05) is 30.4 Å². The third-order valence-corrected chi connectivity index (χ3v) is 3.00. The van der Waals surface area contributed by atoms with Crippen molar-refractivity contribution in [2.24, 2.45) is 0 Å². The Morgan fingerprint density at radius 2 is 1.95 bits per heavy atom. The molecule has 19 heavy (non-hydrogen) atoms. The van der Waals surface area contributed by atoms with Crippen molar-refractivity contribution in [1.82, 2.24) is 0 Å². The second-order valence-corrected chi connectivity index (χ2v) is 4.90. The molecule has 1 aliphatic heterocycles. The summed E-state index contributed by atoms with van der Waals surface area (Å²) >= 11 is 0. The third-order valence-electron chi connectivity index (χ3n) is 3.00. The van der Waals surface area contributed by atoms with E-state index in [1.165, 1.54) is 6.08 Å². The van der Waals surface area contributed by atoms with E-state index in [9.17, 15) is 9.90 Å². The maximum atomic E-state index is 11.5. The lowest BCUT2D eigenvalue weighted by Gasteiger charge is -2.09. The molecule has 0 aliphatic carbocycles. The van der Waals surface area contributed by atoms with Gasteiger partial charge in [0.2, 0.25) is 0 Å². The fraction of sp³-hybridized carbons (Fsp3) is 0.562. The molecule has 0 amide bonds. The predicted octanol–water partition coefficient (Wildman–Crippen LogP) is 3.30. The highest BCUT2D eigenvalue weighted by Gasteiger charge is 2.05. The van der Waals surface area contributed by atoms with Crippen LogP contribution in [0.25, 0.3) is 0 Å². The number of aliphatic hydroxyl groups excluding tert-OH is 1. The van der Waals surface area contributed by atoms with Crippen LogP contribution in [0.1, 0.15) is 45.4 Å². The molecule has 0 spiro atoms. The smallest absolute Gasteiger partial charge is 0.330 e. The Kier molecular flexibility index (Phi) is 7.91. The van der Waals surface area contributed by atoms with Gasteiger partial charge in [-0.3, -0.25) is 0 Å². The molecule has 2 unspecified atom stereocenters. The number of hydrogen-bond donors (Lipinski definition) is 1. The zero-order chi connectivity index (χ0) is 13.9. The van der Waals surface area contributed by atoms with Crippen molar-refractivity contribution >= 4 is 5.97 Å². The second kappa shape index (κ2) is 9.56. The van der Waals surface area contributed by atoms with E-state index in [0.29, 0.717) is 6.42 Å². The number of hydrogen-bond acceptors (Lipinski definition) is 3. The molecule has 0 bridgehead atoms. The lowest BCUT2D eigenvalue weighted by Crippen LogP contribution is -2.11. The minimum Gasteiger partial charge on any atom is -0.459 e. The van der Waals surface area contributed by atoms with Crippen molar-refractivity contribution in [1.29, 1.82) is 0 Å². The Labute approximate surface area is 115 Å². The van der Waals surface area contributed by atoms with E-state index < -0.39 is 0 Å². The number of ether oxygens (including phenoxy) is 1. The summed E-state index contributed by atoms with van der Waals surface area (Å²) < 4.78 is 5.22. The number of allylic oxidation sites excluding steroid dienone is 4. The number of aliphatic hydroxyl groups is 1. The van der Waals surface area contributed by atoms with Gasteiger partial charge in [0.05, 0.1) is 6.10 Å². The predicted molar refractivity (Wildman–Crippen MR) is 76.7 cm³/mol. The third kappa shape index (κ3) is 8.38. The number of carbonyl (C=O) groups excluding carboxylic acids is 1. The molecular weight excluding hydrogens is 240 g/mol. The average molecular weight is 264 g/mol. The van der Waals surface area contributed by atoms with Gasteiger partial charge in [-0.05, 0) is 39.0 Å². The molecule has 106 valence electrons. The van der Waals surface area contributed by atoms with Gasteiger partial charge in [-0.25, -0.2) is 4.79 Å². The molecule has 0 fully saturated rings. The molecule has 3 heteroatoms. The lowest BCUT2D eigenvalue weighted by molar-refractivity contribution is -0.141. The molecule has 1 heterocycles. The molecule has 0 saturated carbocycles. The van der Waals surface area contributed by atoms with E-state index in [1.807, 2.05) is 31.2 Å².